The summed E-state index contributed by atoms with van der Waals surface area (Å²) in [4.78, 5) is 0. The molecule has 0 aromatic rings. The van der Waals surface area contributed by atoms with Crippen LogP contribution >= 0.6 is 0 Å². The van der Waals surface area contributed by atoms with Crippen molar-refractivity contribution in [3.05, 3.63) is 0 Å². The topological polar surface area (TPSA) is 58.3 Å². The highest BCUT2D eigenvalue weighted by molar-refractivity contribution is 4.93. The molecule has 0 aromatic heterocycles. The van der Waals surface area contributed by atoms with E-state index in [1.165, 1.54) is 32.1 Å². The lowest BCUT2D eigenvalue weighted by Crippen LogP contribution is -2.51. The summed E-state index contributed by atoms with van der Waals surface area (Å²) in [7, 11) is 0. The van der Waals surface area contributed by atoms with Gasteiger partial charge in [-0.3, -0.25) is 0 Å². The monoisotopic (exact) mass is 256 g/mol. The number of hydrogen-bond acceptors (Lipinski definition) is 3. The molecule has 18 heavy (non-hydrogen) atoms. The van der Waals surface area contributed by atoms with Crippen molar-refractivity contribution in [2.24, 2.45) is 17.1 Å². The molecule has 0 radical (unpaired) electrons. The molecule has 0 aliphatic heterocycles. The Morgan fingerprint density at radius 3 is 2.56 bits per heavy atom. The van der Waals surface area contributed by atoms with E-state index in [0.29, 0.717) is 5.41 Å². The summed E-state index contributed by atoms with van der Waals surface area (Å²) >= 11 is 0. The van der Waals surface area contributed by atoms with E-state index in [-0.39, 0.29) is 12.1 Å². The zero-order valence-electron chi connectivity index (χ0n) is 12.5. The van der Waals surface area contributed by atoms with Crippen LogP contribution in [-0.2, 0) is 0 Å². The van der Waals surface area contributed by atoms with Gasteiger partial charge in [0.05, 0.1) is 0 Å². The van der Waals surface area contributed by atoms with Gasteiger partial charge in [-0.25, -0.2) is 0 Å². The summed E-state index contributed by atoms with van der Waals surface area (Å²) in [5.74, 6) is 0.811. The predicted octanol–water partition coefficient (Wildman–Crippen LogP) is 2.28. The summed E-state index contributed by atoms with van der Waals surface area (Å²) in [6, 6.07) is 0. The fourth-order valence-corrected chi connectivity index (χ4v) is 3.16. The number of nitrogens with two attached hydrogens (primary N) is 1. The third-order valence-corrected chi connectivity index (χ3v) is 4.63. The predicted molar refractivity (Wildman–Crippen MR) is 77.5 cm³/mol. The quantitative estimate of drug-likeness (QED) is 0.522. The van der Waals surface area contributed by atoms with Crippen LogP contribution in [0.1, 0.15) is 59.3 Å². The van der Waals surface area contributed by atoms with Crippen molar-refractivity contribution in [2.75, 3.05) is 19.7 Å². The Morgan fingerprint density at radius 2 is 2.00 bits per heavy atom. The zero-order valence-corrected chi connectivity index (χ0v) is 12.5. The lowest BCUT2D eigenvalue weighted by molar-refractivity contribution is 0.205. The van der Waals surface area contributed by atoms with Crippen molar-refractivity contribution in [1.29, 1.82) is 0 Å². The van der Waals surface area contributed by atoms with E-state index in [0.717, 1.165) is 25.4 Å². The Kier molecular flexibility index (Phi) is 6.09. The fraction of sp³-hybridized carbons (Fsp3) is 1.00. The molecule has 0 amide bonds. The van der Waals surface area contributed by atoms with Gasteiger partial charge in [0.15, 0.2) is 0 Å². The molecule has 0 spiro atoms. The van der Waals surface area contributed by atoms with Gasteiger partial charge in [-0.05, 0) is 50.0 Å². The molecule has 1 saturated carbocycles. The molecule has 1 rings (SSSR count). The first-order valence-corrected chi connectivity index (χ1v) is 7.49. The third-order valence-electron chi connectivity index (χ3n) is 4.63. The lowest BCUT2D eigenvalue weighted by atomic mass is 9.76. The molecule has 2 atom stereocenters. The van der Waals surface area contributed by atoms with E-state index in [1.54, 1.807) is 0 Å². The van der Waals surface area contributed by atoms with Gasteiger partial charge in [0, 0.05) is 18.7 Å². The van der Waals surface area contributed by atoms with Crippen molar-refractivity contribution in [1.82, 2.24) is 5.32 Å². The van der Waals surface area contributed by atoms with E-state index >= 15 is 0 Å². The van der Waals surface area contributed by atoms with Crippen molar-refractivity contribution in [3.8, 4) is 0 Å². The van der Waals surface area contributed by atoms with Gasteiger partial charge < -0.3 is 16.2 Å². The minimum atomic E-state index is 0.120. The highest BCUT2D eigenvalue weighted by Crippen LogP contribution is 2.39. The average molecular weight is 256 g/mol. The maximum Gasteiger partial charge on any atom is 0.0443 e. The number of aliphatic hydroxyl groups is 1. The van der Waals surface area contributed by atoms with Crippen molar-refractivity contribution in [2.45, 2.75) is 64.8 Å². The summed E-state index contributed by atoms with van der Waals surface area (Å²) < 4.78 is 0. The highest BCUT2D eigenvalue weighted by atomic mass is 16.3. The highest BCUT2D eigenvalue weighted by Gasteiger charge is 2.34. The Labute approximate surface area is 113 Å². The number of nitrogens with one attached hydrogen (secondary N) is 1. The molecule has 3 heteroatoms. The van der Waals surface area contributed by atoms with Crippen LogP contribution in [0.5, 0.6) is 0 Å². The first kappa shape index (κ1) is 15.9. The van der Waals surface area contributed by atoms with Gasteiger partial charge in [-0.2, -0.15) is 0 Å². The van der Waals surface area contributed by atoms with Gasteiger partial charge in [0.1, 0.15) is 0 Å². The zero-order chi connectivity index (χ0) is 13.6. The molecule has 0 bridgehead atoms. The summed E-state index contributed by atoms with van der Waals surface area (Å²) in [6.07, 6.45) is 7.05. The Morgan fingerprint density at radius 1 is 1.28 bits per heavy atom. The van der Waals surface area contributed by atoms with Crippen LogP contribution in [0.25, 0.3) is 0 Å². The smallest absolute Gasteiger partial charge is 0.0443 e. The van der Waals surface area contributed by atoms with E-state index in [4.69, 9.17) is 10.8 Å². The molecule has 3 nitrogen and oxygen atoms in total. The molecule has 0 saturated heterocycles. The van der Waals surface area contributed by atoms with Crippen molar-refractivity contribution < 1.29 is 5.11 Å². The van der Waals surface area contributed by atoms with Crippen LogP contribution in [-0.4, -0.2) is 30.3 Å². The average Bonchev–Trinajstić information content (AvgIpc) is 2.52. The second kappa shape index (κ2) is 6.88. The van der Waals surface area contributed by atoms with Gasteiger partial charge in [0.25, 0.3) is 0 Å². The van der Waals surface area contributed by atoms with Crippen LogP contribution in [0.15, 0.2) is 0 Å². The largest absolute Gasteiger partial charge is 0.396 e. The van der Waals surface area contributed by atoms with E-state index in [9.17, 15) is 0 Å². The fourth-order valence-electron chi connectivity index (χ4n) is 3.16. The van der Waals surface area contributed by atoms with Crippen molar-refractivity contribution >= 4 is 0 Å². The summed E-state index contributed by atoms with van der Waals surface area (Å²) in [6.45, 7) is 8.92. The van der Waals surface area contributed by atoms with Gasteiger partial charge in [-0.15, -0.1) is 0 Å². The normalized spacial score (nSPS) is 30.2. The standard InChI is InChI=1S/C15H32N2O/c1-14(2,3)13-6-4-8-15(12-16,9-7-13)17-10-5-11-18/h13,17-18H,4-12,16H2,1-3H3. The molecular weight excluding hydrogens is 224 g/mol. The first-order valence-electron chi connectivity index (χ1n) is 7.49. The second-order valence-electron chi connectivity index (χ2n) is 6.98. The maximum atomic E-state index is 8.89. The molecule has 1 aliphatic carbocycles. The van der Waals surface area contributed by atoms with Crippen LogP contribution < -0.4 is 11.1 Å². The van der Waals surface area contributed by atoms with Crippen LogP contribution in [0.3, 0.4) is 0 Å². The van der Waals surface area contributed by atoms with Gasteiger partial charge in [-0.1, -0.05) is 27.2 Å². The Balaban J connectivity index is 2.56. The lowest BCUT2D eigenvalue weighted by Gasteiger charge is -2.34. The number of rotatable bonds is 5. The van der Waals surface area contributed by atoms with Crippen LogP contribution in [0.2, 0.25) is 0 Å². The molecule has 0 heterocycles. The van der Waals surface area contributed by atoms with Gasteiger partial charge >= 0.3 is 0 Å². The summed E-state index contributed by atoms with van der Waals surface area (Å²) in [5, 5.41) is 12.5. The minimum absolute atomic E-state index is 0.120. The first-order chi connectivity index (χ1) is 8.43. The van der Waals surface area contributed by atoms with E-state index < -0.39 is 0 Å². The van der Waals surface area contributed by atoms with Gasteiger partial charge in [0.2, 0.25) is 0 Å². The molecule has 2 unspecified atom stereocenters. The van der Waals surface area contributed by atoms with Crippen molar-refractivity contribution in [3.63, 3.8) is 0 Å². The Hall–Kier alpha value is -0.120. The molecule has 0 aromatic carbocycles. The number of aliphatic hydroxyl groups excluding tert-OH is 1. The van der Waals surface area contributed by atoms with E-state index in [1.807, 2.05) is 0 Å². The SMILES string of the molecule is CC(C)(C)C1CCCC(CN)(NCCCO)CC1. The van der Waals surface area contributed by atoms with Crippen LogP contribution in [0, 0.1) is 11.3 Å². The summed E-state index contributed by atoms with van der Waals surface area (Å²) in [5.41, 5.74) is 6.55. The number of hydrogen-bond donors (Lipinski definition) is 3. The van der Waals surface area contributed by atoms with E-state index in [2.05, 4.69) is 26.1 Å². The minimum Gasteiger partial charge on any atom is -0.396 e. The molecule has 1 fully saturated rings. The van der Waals surface area contributed by atoms with Crippen LogP contribution in [0.4, 0.5) is 0 Å². The molecular formula is C15H32N2O. The molecule has 108 valence electrons. The Bertz CT molecular complexity index is 237. The molecule has 4 N–H and O–H groups in total. The second-order valence-corrected chi connectivity index (χ2v) is 6.98. The maximum absolute atomic E-state index is 8.89. The molecule has 1 aliphatic rings. The third kappa shape index (κ3) is 4.52.